The molecule has 36 heavy (non-hydrogen) atoms. The normalized spacial score (nSPS) is 11.8. The van der Waals surface area contributed by atoms with Crippen LogP contribution in [0, 0.1) is 20.8 Å². The highest BCUT2D eigenvalue weighted by Crippen LogP contribution is 2.47. The van der Waals surface area contributed by atoms with Gasteiger partial charge in [-0.2, -0.15) is 0 Å². The highest BCUT2D eigenvalue weighted by atomic mass is 32.1. The Hall–Kier alpha value is -3.66. The van der Waals surface area contributed by atoms with Gasteiger partial charge in [0, 0.05) is 35.3 Å². The van der Waals surface area contributed by atoms with Gasteiger partial charge in [-0.25, -0.2) is 29.9 Å². The van der Waals surface area contributed by atoms with Crippen LogP contribution in [0.1, 0.15) is 16.7 Å². The van der Waals surface area contributed by atoms with Gasteiger partial charge in [-0.3, -0.25) is 0 Å². The topological polar surface area (TPSA) is 77.3 Å². The van der Waals surface area contributed by atoms with Crippen LogP contribution in [-0.4, -0.2) is 29.9 Å². The van der Waals surface area contributed by atoms with Crippen LogP contribution in [0.5, 0.6) is 0 Å². The van der Waals surface area contributed by atoms with E-state index in [2.05, 4.69) is 35.7 Å². The number of hydrogen-bond donors (Lipinski definition) is 0. The molecule has 7 rings (SSSR count). The summed E-state index contributed by atoms with van der Waals surface area (Å²) in [5, 5.41) is 2.87. The Kier molecular flexibility index (Phi) is 4.92. The molecular weight excluding hydrogens is 505 g/mol. The third-order valence-corrected chi connectivity index (χ3v) is 9.38. The zero-order chi connectivity index (χ0) is 24.4. The van der Waals surface area contributed by atoms with Crippen LogP contribution in [-0.2, 0) is 0 Å². The van der Waals surface area contributed by atoms with Crippen molar-refractivity contribution in [3.8, 4) is 31.7 Å². The summed E-state index contributed by atoms with van der Waals surface area (Å²) in [6.45, 7) is 6.52. The Morgan fingerprint density at radius 1 is 0.472 bits per heavy atom. The molecule has 0 fully saturated rings. The standard InChI is InChI=1S/C27H18N6S3/c1-13-19(25-31-16-7-4-10-28-22(16)34-25)14(2)21(27-33-18-9-6-12-30-24(18)36-27)15(3)20(13)26-32-17-8-5-11-29-23(17)35-26/h4-12H,1-3H3. The molecular formula is C27H18N6S3. The maximum Gasteiger partial charge on any atom is 0.143 e. The molecule has 0 saturated heterocycles. The van der Waals surface area contributed by atoms with Crippen molar-refractivity contribution in [3.63, 3.8) is 0 Å². The third kappa shape index (κ3) is 3.27. The zero-order valence-corrected chi connectivity index (χ0v) is 22.1. The van der Waals surface area contributed by atoms with Gasteiger partial charge in [-0.15, -0.1) is 0 Å². The van der Waals surface area contributed by atoms with E-state index in [1.54, 1.807) is 34.0 Å². The van der Waals surface area contributed by atoms with Gasteiger partial charge < -0.3 is 0 Å². The summed E-state index contributed by atoms with van der Waals surface area (Å²) in [6, 6.07) is 11.8. The fraction of sp³-hybridized carbons (Fsp3) is 0.111. The molecule has 0 amide bonds. The summed E-state index contributed by atoms with van der Waals surface area (Å²) in [6.07, 6.45) is 5.45. The Bertz CT molecular complexity index is 1600. The van der Waals surface area contributed by atoms with Crippen LogP contribution >= 0.6 is 34.0 Å². The molecule has 0 saturated carbocycles. The molecule has 0 atom stereocenters. The third-order valence-electron chi connectivity index (χ3n) is 6.39. The fourth-order valence-electron chi connectivity index (χ4n) is 4.81. The van der Waals surface area contributed by atoms with Crippen molar-refractivity contribution >= 4 is 65.1 Å². The molecule has 0 radical (unpaired) electrons. The summed E-state index contributed by atoms with van der Waals surface area (Å²) in [5.74, 6) is 0. The fourth-order valence-corrected chi connectivity index (χ4v) is 8.01. The molecule has 0 aliphatic carbocycles. The van der Waals surface area contributed by atoms with Gasteiger partial charge >= 0.3 is 0 Å². The van der Waals surface area contributed by atoms with Crippen LogP contribution in [0.15, 0.2) is 55.0 Å². The monoisotopic (exact) mass is 522 g/mol. The average Bonchev–Trinajstić information content (AvgIpc) is 3.59. The lowest BCUT2D eigenvalue weighted by Gasteiger charge is -2.19. The van der Waals surface area contributed by atoms with E-state index in [1.165, 1.54) is 0 Å². The molecule has 0 aliphatic heterocycles. The quantitative estimate of drug-likeness (QED) is 0.237. The Labute approximate surface area is 218 Å². The number of pyridine rings is 3. The van der Waals surface area contributed by atoms with Gasteiger partial charge in [0.2, 0.25) is 0 Å². The van der Waals surface area contributed by atoms with Crippen molar-refractivity contribution in [2.75, 3.05) is 0 Å². The smallest absolute Gasteiger partial charge is 0.143 e. The number of rotatable bonds is 3. The van der Waals surface area contributed by atoms with Crippen molar-refractivity contribution in [2.24, 2.45) is 0 Å². The van der Waals surface area contributed by atoms with Gasteiger partial charge in [-0.05, 0) is 73.9 Å². The Morgan fingerprint density at radius 2 is 0.778 bits per heavy atom. The predicted octanol–water partition coefficient (Wildman–Crippen LogP) is 7.63. The van der Waals surface area contributed by atoms with Crippen LogP contribution in [0.3, 0.4) is 0 Å². The number of hydrogen-bond acceptors (Lipinski definition) is 9. The Morgan fingerprint density at radius 3 is 1.06 bits per heavy atom. The molecule has 0 N–H and O–H groups in total. The van der Waals surface area contributed by atoms with Crippen molar-refractivity contribution in [3.05, 3.63) is 71.7 Å². The second kappa shape index (κ2) is 8.19. The first-order chi connectivity index (χ1) is 17.6. The van der Waals surface area contributed by atoms with Gasteiger partial charge in [0.05, 0.1) is 0 Å². The SMILES string of the molecule is Cc1c(-c2nc3cccnc3s2)c(C)c(-c2nc3cccnc3s2)c(C)c1-c1nc2cccnc2s1. The van der Waals surface area contributed by atoms with E-state index < -0.39 is 0 Å². The predicted molar refractivity (Wildman–Crippen MR) is 150 cm³/mol. The van der Waals surface area contributed by atoms with E-state index in [0.29, 0.717) is 0 Å². The summed E-state index contributed by atoms with van der Waals surface area (Å²) < 4.78 is 0. The van der Waals surface area contributed by atoms with Crippen molar-refractivity contribution in [2.45, 2.75) is 20.8 Å². The first kappa shape index (κ1) is 21.6. The molecule has 6 aromatic heterocycles. The maximum atomic E-state index is 4.99. The molecule has 174 valence electrons. The van der Waals surface area contributed by atoms with E-state index in [0.717, 1.165) is 79.4 Å². The summed E-state index contributed by atoms with van der Waals surface area (Å²) in [7, 11) is 0. The summed E-state index contributed by atoms with van der Waals surface area (Å²) >= 11 is 4.86. The van der Waals surface area contributed by atoms with Crippen LogP contribution in [0.4, 0.5) is 0 Å². The van der Waals surface area contributed by atoms with E-state index in [-0.39, 0.29) is 0 Å². The molecule has 6 heterocycles. The molecule has 0 spiro atoms. The number of aromatic nitrogens is 6. The lowest BCUT2D eigenvalue weighted by molar-refractivity contribution is 1.28. The molecule has 0 aliphatic rings. The summed E-state index contributed by atoms with van der Waals surface area (Å²) in [4.78, 5) is 31.4. The van der Waals surface area contributed by atoms with Gasteiger partial charge in [-0.1, -0.05) is 34.0 Å². The number of fused-ring (bicyclic) bond motifs is 3. The minimum absolute atomic E-state index is 0.911. The van der Waals surface area contributed by atoms with Gasteiger partial charge in [0.25, 0.3) is 0 Å². The minimum atomic E-state index is 0.911. The first-order valence-corrected chi connectivity index (χ1v) is 13.8. The van der Waals surface area contributed by atoms with Crippen molar-refractivity contribution < 1.29 is 0 Å². The highest BCUT2D eigenvalue weighted by molar-refractivity contribution is 7.22. The first-order valence-electron chi connectivity index (χ1n) is 11.4. The Balaban J connectivity index is 1.57. The molecule has 6 nitrogen and oxygen atoms in total. The number of nitrogens with zero attached hydrogens (tertiary/aromatic N) is 6. The van der Waals surface area contributed by atoms with E-state index in [9.17, 15) is 0 Å². The summed E-state index contributed by atoms with van der Waals surface area (Å²) in [5.41, 5.74) is 9.56. The molecule has 0 bridgehead atoms. The average molecular weight is 523 g/mol. The second-order valence-electron chi connectivity index (χ2n) is 8.54. The van der Waals surface area contributed by atoms with Crippen LogP contribution in [0.2, 0.25) is 0 Å². The van der Waals surface area contributed by atoms with E-state index in [1.807, 2.05) is 55.0 Å². The molecule has 9 heteroatoms. The minimum Gasteiger partial charge on any atom is -0.244 e. The second-order valence-corrected chi connectivity index (χ2v) is 11.5. The van der Waals surface area contributed by atoms with Gasteiger partial charge in [0.15, 0.2) is 0 Å². The lowest BCUT2D eigenvalue weighted by Crippen LogP contribution is -2.00. The highest BCUT2D eigenvalue weighted by Gasteiger charge is 2.26. The molecule has 7 aromatic rings. The largest absolute Gasteiger partial charge is 0.244 e. The lowest BCUT2D eigenvalue weighted by atomic mass is 9.88. The van der Waals surface area contributed by atoms with Crippen LogP contribution < -0.4 is 0 Å². The van der Waals surface area contributed by atoms with Gasteiger partial charge in [0.1, 0.15) is 46.1 Å². The molecule has 1 aromatic carbocycles. The van der Waals surface area contributed by atoms with E-state index in [4.69, 9.17) is 15.0 Å². The van der Waals surface area contributed by atoms with Crippen molar-refractivity contribution in [1.29, 1.82) is 0 Å². The van der Waals surface area contributed by atoms with Crippen molar-refractivity contribution in [1.82, 2.24) is 29.9 Å². The maximum absolute atomic E-state index is 4.99. The zero-order valence-electron chi connectivity index (χ0n) is 19.6. The van der Waals surface area contributed by atoms with E-state index >= 15 is 0 Å². The van der Waals surface area contributed by atoms with Crippen LogP contribution in [0.25, 0.3) is 62.8 Å². The molecule has 0 unspecified atom stereocenters. The number of benzene rings is 1. The number of thiazole rings is 3.